The van der Waals surface area contributed by atoms with E-state index in [0.717, 1.165) is 0 Å². The van der Waals surface area contributed by atoms with Gasteiger partial charge in [0, 0.05) is 17.7 Å². The van der Waals surface area contributed by atoms with Crippen LogP contribution in [0.3, 0.4) is 0 Å². The second kappa shape index (κ2) is 8.21. The van der Waals surface area contributed by atoms with Gasteiger partial charge in [0.05, 0.1) is 5.56 Å². The average molecular weight is 347 g/mol. The highest BCUT2D eigenvalue weighted by Gasteiger charge is 2.17. The Kier molecular flexibility index (Phi) is 5.54. The van der Waals surface area contributed by atoms with Gasteiger partial charge in [-0.05, 0) is 24.1 Å². The Balaban J connectivity index is 1.72. The molecule has 0 aliphatic heterocycles. The van der Waals surface area contributed by atoms with Crippen LogP contribution in [0.15, 0.2) is 78.9 Å². The summed E-state index contributed by atoms with van der Waals surface area (Å²) in [5, 5.41) is 2.76. The molecule has 0 heterocycles. The largest absolute Gasteiger partial charge is 0.352 e. The second-order valence-electron chi connectivity index (χ2n) is 5.84. The molecule has 0 atom stereocenters. The van der Waals surface area contributed by atoms with Crippen LogP contribution in [0.5, 0.6) is 0 Å². The van der Waals surface area contributed by atoms with Crippen molar-refractivity contribution >= 4 is 11.7 Å². The van der Waals surface area contributed by atoms with Crippen molar-refractivity contribution in [2.75, 3.05) is 6.54 Å². The SMILES string of the molecule is O=C(NCCc1ccccc1F)c1ccccc1C(=O)c1ccccc1. The zero-order valence-corrected chi connectivity index (χ0v) is 14.1. The number of amides is 1. The molecule has 0 spiro atoms. The summed E-state index contributed by atoms with van der Waals surface area (Å²) in [6, 6.07) is 22.0. The maximum absolute atomic E-state index is 13.6. The summed E-state index contributed by atoms with van der Waals surface area (Å²) < 4.78 is 13.6. The fourth-order valence-corrected chi connectivity index (χ4v) is 2.73. The first-order chi connectivity index (χ1) is 12.7. The first-order valence-electron chi connectivity index (χ1n) is 8.37. The molecule has 130 valence electrons. The Hall–Kier alpha value is -3.27. The lowest BCUT2D eigenvalue weighted by Gasteiger charge is -2.10. The van der Waals surface area contributed by atoms with E-state index in [0.29, 0.717) is 28.7 Å². The summed E-state index contributed by atoms with van der Waals surface area (Å²) >= 11 is 0. The number of hydrogen-bond acceptors (Lipinski definition) is 2. The topological polar surface area (TPSA) is 46.2 Å². The van der Waals surface area contributed by atoms with Gasteiger partial charge in [0.15, 0.2) is 5.78 Å². The van der Waals surface area contributed by atoms with Crippen molar-refractivity contribution in [1.29, 1.82) is 0 Å². The van der Waals surface area contributed by atoms with Crippen LogP contribution in [-0.4, -0.2) is 18.2 Å². The van der Waals surface area contributed by atoms with Gasteiger partial charge in [-0.3, -0.25) is 9.59 Å². The molecule has 0 aliphatic rings. The van der Waals surface area contributed by atoms with Crippen LogP contribution in [0.2, 0.25) is 0 Å². The third-order valence-electron chi connectivity index (χ3n) is 4.09. The molecule has 0 fully saturated rings. The molecule has 1 amide bonds. The Morgan fingerprint density at radius 1 is 0.769 bits per heavy atom. The summed E-state index contributed by atoms with van der Waals surface area (Å²) in [7, 11) is 0. The Morgan fingerprint density at radius 2 is 1.38 bits per heavy atom. The van der Waals surface area contributed by atoms with Gasteiger partial charge >= 0.3 is 0 Å². The van der Waals surface area contributed by atoms with E-state index in [1.54, 1.807) is 66.7 Å². The minimum atomic E-state index is -0.346. The van der Waals surface area contributed by atoms with Gasteiger partial charge in [0.2, 0.25) is 0 Å². The summed E-state index contributed by atoms with van der Waals surface area (Å²) in [6.45, 7) is 0.285. The minimum absolute atomic E-state index is 0.203. The molecule has 1 N–H and O–H groups in total. The third-order valence-corrected chi connectivity index (χ3v) is 4.09. The lowest BCUT2D eigenvalue weighted by Crippen LogP contribution is -2.27. The number of carbonyl (C=O) groups excluding carboxylic acids is 2. The van der Waals surface area contributed by atoms with E-state index in [2.05, 4.69) is 5.32 Å². The maximum Gasteiger partial charge on any atom is 0.252 e. The van der Waals surface area contributed by atoms with Crippen LogP contribution in [0, 0.1) is 5.82 Å². The molecular weight excluding hydrogens is 329 g/mol. The molecule has 0 radical (unpaired) electrons. The van der Waals surface area contributed by atoms with E-state index in [4.69, 9.17) is 0 Å². The Morgan fingerprint density at radius 3 is 2.12 bits per heavy atom. The Bertz CT molecular complexity index is 922. The van der Waals surface area contributed by atoms with Crippen molar-refractivity contribution in [3.8, 4) is 0 Å². The highest BCUT2D eigenvalue weighted by Crippen LogP contribution is 2.15. The lowest BCUT2D eigenvalue weighted by atomic mass is 9.98. The Labute approximate surface area is 151 Å². The molecule has 3 aromatic rings. The van der Waals surface area contributed by atoms with Crippen LogP contribution in [-0.2, 0) is 6.42 Å². The lowest BCUT2D eigenvalue weighted by molar-refractivity contribution is 0.0942. The van der Waals surface area contributed by atoms with Crippen molar-refractivity contribution in [1.82, 2.24) is 5.32 Å². The monoisotopic (exact) mass is 347 g/mol. The molecule has 0 unspecified atom stereocenters. The summed E-state index contributed by atoms with van der Waals surface area (Å²) in [4.78, 5) is 25.2. The highest BCUT2D eigenvalue weighted by molar-refractivity contribution is 6.15. The van der Waals surface area contributed by atoms with Crippen LogP contribution >= 0.6 is 0 Å². The normalized spacial score (nSPS) is 10.3. The van der Waals surface area contributed by atoms with E-state index in [9.17, 15) is 14.0 Å². The van der Waals surface area contributed by atoms with E-state index >= 15 is 0 Å². The fourth-order valence-electron chi connectivity index (χ4n) is 2.73. The smallest absolute Gasteiger partial charge is 0.252 e. The van der Waals surface area contributed by atoms with Crippen molar-refractivity contribution in [2.45, 2.75) is 6.42 Å². The number of carbonyl (C=O) groups is 2. The van der Waals surface area contributed by atoms with Crippen molar-refractivity contribution < 1.29 is 14.0 Å². The predicted octanol–water partition coefficient (Wildman–Crippen LogP) is 4.03. The molecular formula is C22H18FNO2. The second-order valence-corrected chi connectivity index (χ2v) is 5.84. The van der Waals surface area contributed by atoms with Crippen molar-refractivity contribution in [3.63, 3.8) is 0 Å². The van der Waals surface area contributed by atoms with Crippen LogP contribution in [0.25, 0.3) is 0 Å². The number of halogens is 1. The number of rotatable bonds is 6. The average Bonchev–Trinajstić information content (AvgIpc) is 2.69. The molecule has 4 heteroatoms. The zero-order chi connectivity index (χ0) is 18.4. The predicted molar refractivity (Wildman–Crippen MR) is 98.8 cm³/mol. The zero-order valence-electron chi connectivity index (χ0n) is 14.1. The number of hydrogen-bond donors (Lipinski definition) is 1. The van der Waals surface area contributed by atoms with Gasteiger partial charge in [-0.25, -0.2) is 4.39 Å². The number of ketones is 1. The van der Waals surface area contributed by atoms with Gasteiger partial charge < -0.3 is 5.32 Å². The van der Waals surface area contributed by atoms with E-state index < -0.39 is 0 Å². The highest BCUT2D eigenvalue weighted by atomic mass is 19.1. The molecule has 0 aliphatic carbocycles. The fraction of sp³-hybridized carbons (Fsp3) is 0.0909. The van der Waals surface area contributed by atoms with Crippen molar-refractivity contribution in [3.05, 3.63) is 107 Å². The van der Waals surface area contributed by atoms with E-state index in [1.165, 1.54) is 6.07 Å². The number of benzene rings is 3. The molecule has 3 nitrogen and oxygen atoms in total. The molecule has 0 saturated carbocycles. The standard InChI is InChI=1S/C22H18FNO2/c23-20-13-7-4-8-16(20)14-15-24-22(26)19-12-6-5-11-18(19)21(25)17-9-2-1-3-10-17/h1-13H,14-15H2,(H,24,26). The molecule has 3 aromatic carbocycles. The van der Waals surface area contributed by atoms with Gasteiger partial charge in [-0.1, -0.05) is 66.7 Å². The van der Waals surface area contributed by atoms with Crippen LogP contribution in [0.4, 0.5) is 4.39 Å². The molecule has 3 rings (SSSR count). The summed E-state index contributed by atoms with van der Waals surface area (Å²) in [5.41, 5.74) is 1.73. The molecule has 0 aromatic heterocycles. The first kappa shape index (κ1) is 17.5. The summed E-state index contributed by atoms with van der Waals surface area (Å²) in [5.74, 6) is -0.840. The summed E-state index contributed by atoms with van der Waals surface area (Å²) in [6.07, 6.45) is 0.382. The van der Waals surface area contributed by atoms with Gasteiger partial charge in [0.1, 0.15) is 5.82 Å². The maximum atomic E-state index is 13.6. The molecule has 26 heavy (non-hydrogen) atoms. The third kappa shape index (κ3) is 4.03. The van der Waals surface area contributed by atoms with Gasteiger partial charge in [-0.15, -0.1) is 0 Å². The van der Waals surface area contributed by atoms with E-state index in [-0.39, 0.29) is 24.1 Å². The van der Waals surface area contributed by atoms with Gasteiger partial charge in [0.25, 0.3) is 5.91 Å². The molecule has 0 saturated heterocycles. The number of nitrogens with one attached hydrogen (secondary N) is 1. The van der Waals surface area contributed by atoms with Crippen LogP contribution in [0.1, 0.15) is 31.8 Å². The van der Waals surface area contributed by atoms with E-state index in [1.807, 2.05) is 6.07 Å². The van der Waals surface area contributed by atoms with Crippen molar-refractivity contribution in [2.24, 2.45) is 0 Å². The quantitative estimate of drug-likeness (QED) is 0.684. The van der Waals surface area contributed by atoms with Crippen LogP contribution < -0.4 is 5.32 Å². The molecule has 0 bridgehead atoms. The van der Waals surface area contributed by atoms with Gasteiger partial charge in [-0.2, -0.15) is 0 Å². The first-order valence-corrected chi connectivity index (χ1v) is 8.37. The minimum Gasteiger partial charge on any atom is -0.352 e.